The lowest BCUT2D eigenvalue weighted by Crippen LogP contribution is -2.15. The summed E-state index contributed by atoms with van der Waals surface area (Å²) in [5.74, 6) is -0.873. The molecular weight excluding hydrogens is 250 g/mol. The highest BCUT2D eigenvalue weighted by Gasteiger charge is 2.11. The van der Waals surface area contributed by atoms with Crippen molar-refractivity contribution < 1.29 is 9.90 Å². The molecule has 3 heteroatoms. The number of hydrogen-bond acceptors (Lipinski definition) is 2. The number of carboxylic acids is 1. The predicted molar refractivity (Wildman–Crippen MR) is 79.6 cm³/mol. The lowest BCUT2D eigenvalue weighted by Gasteiger charge is -2.12. The molecule has 0 saturated carbocycles. The van der Waals surface area contributed by atoms with Gasteiger partial charge in [0.15, 0.2) is 0 Å². The second-order valence-corrected chi connectivity index (χ2v) is 5.05. The van der Waals surface area contributed by atoms with Crippen LogP contribution in [0.4, 0.5) is 0 Å². The number of aliphatic carboxylic acids is 1. The first-order valence-corrected chi connectivity index (χ1v) is 6.67. The van der Waals surface area contributed by atoms with Gasteiger partial charge in [-0.2, -0.15) is 0 Å². The van der Waals surface area contributed by atoms with Crippen LogP contribution in [0, 0.1) is 6.92 Å². The van der Waals surface area contributed by atoms with E-state index < -0.39 is 12.0 Å². The summed E-state index contributed by atoms with van der Waals surface area (Å²) in [6.45, 7) is 2.09. The molecule has 0 aliphatic rings. The predicted octanol–water partition coefficient (Wildman–Crippen LogP) is 3.06. The average Bonchev–Trinajstić information content (AvgIpc) is 2.41. The number of nitrogens with two attached hydrogens (primary N) is 1. The molecule has 2 aromatic carbocycles. The maximum atomic E-state index is 10.7. The van der Waals surface area contributed by atoms with Gasteiger partial charge in [0.2, 0.25) is 0 Å². The third-order valence-corrected chi connectivity index (χ3v) is 3.43. The van der Waals surface area contributed by atoms with Crippen molar-refractivity contribution in [3.63, 3.8) is 0 Å². The van der Waals surface area contributed by atoms with E-state index in [1.165, 1.54) is 11.1 Å². The van der Waals surface area contributed by atoms with Crippen LogP contribution in [-0.4, -0.2) is 11.1 Å². The van der Waals surface area contributed by atoms with Gasteiger partial charge >= 0.3 is 5.97 Å². The summed E-state index contributed by atoms with van der Waals surface area (Å²) in [7, 11) is 0. The summed E-state index contributed by atoms with van der Waals surface area (Å²) in [5.41, 5.74) is 10.5. The normalized spacial score (nSPS) is 12.1. The largest absolute Gasteiger partial charge is 0.481 e. The molecule has 1 atom stereocenters. The van der Waals surface area contributed by atoms with Gasteiger partial charge in [-0.15, -0.1) is 0 Å². The third kappa shape index (κ3) is 3.68. The number of carboxylic acid groups (broad SMARTS) is 1. The van der Waals surface area contributed by atoms with Gasteiger partial charge in [0.05, 0.1) is 6.42 Å². The Morgan fingerprint density at radius 1 is 1.20 bits per heavy atom. The molecule has 0 amide bonds. The van der Waals surface area contributed by atoms with Crippen molar-refractivity contribution in [1.82, 2.24) is 0 Å². The number of benzene rings is 2. The Morgan fingerprint density at radius 2 is 1.95 bits per heavy atom. The minimum atomic E-state index is -0.873. The molecule has 0 aliphatic carbocycles. The van der Waals surface area contributed by atoms with Gasteiger partial charge in [-0.1, -0.05) is 48.5 Å². The van der Waals surface area contributed by atoms with Crippen LogP contribution in [-0.2, 0) is 11.2 Å². The fourth-order valence-electron chi connectivity index (χ4n) is 2.27. The molecule has 0 aliphatic heterocycles. The minimum Gasteiger partial charge on any atom is -0.481 e. The van der Waals surface area contributed by atoms with Crippen LogP contribution in [0.15, 0.2) is 48.5 Å². The molecular formula is C17H19NO2. The van der Waals surface area contributed by atoms with E-state index >= 15 is 0 Å². The quantitative estimate of drug-likeness (QED) is 0.876. The highest BCUT2D eigenvalue weighted by molar-refractivity contribution is 5.67. The van der Waals surface area contributed by atoms with Crippen molar-refractivity contribution in [1.29, 1.82) is 0 Å². The Labute approximate surface area is 119 Å². The van der Waals surface area contributed by atoms with Crippen LogP contribution in [0.25, 0.3) is 0 Å². The first-order chi connectivity index (χ1) is 9.56. The molecule has 20 heavy (non-hydrogen) atoms. The highest BCUT2D eigenvalue weighted by atomic mass is 16.4. The van der Waals surface area contributed by atoms with Crippen LogP contribution in [0.1, 0.15) is 34.7 Å². The number of hydrogen-bond donors (Lipinski definition) is 2. The van der Waals surface area contributed by atoms with Gasteiger partial charge < -0.3 is 10.8 Å². The van der Waals surface area contributed by atoms with Crippen molar-refractivity contribution in [3.8, 4) is 0 Å². The molecule has 104 valence electrons. The zero-order valence-corrected chi connectivity index (χ0v) is 11.5. The Hall–Kier alpha value is -2.13. The highest BCUT2D eigenvalue weighted by Crippen LogP contribution is 2.19. The Balaban J connectivity index is 2.18. The second-order valence-electron chi connectivity index (χ2n) is 5.05. The van der Waals surface area contributed by atoms with E-state index in [4.69, 9.17) is 10.8 Å². The molecule has 2 rings (SSSR count). The second kappa shape index (κ2) is 6.35. The van der Waals surface area contributed by atoms with Crippen molar-refractivity contribution >= 4 is 5.97 Å². The van der Waals surface area contributed by atoms with Crippen LogP contribution < -0.4 is 5.73 Å². The van der Waals surface area contributed by atoms with Gasteiger partial charge in [-0.25, -0.2) is 0 Å². The first kappa shape index (κ1) is 14.3. The van der Waals surface area contributed by atoms with E-state index in [-0.39, 0.29) is 6.42 Å². The summed E-state index contributed by atoms with van der Waals surface area (Å²) in [4.78, 5) is 10.7. The number of aryl methyl sites for hydroxylation is 1. The van der Waals surface area contributed by atoms with Gasteiger partial charge in [0.1, 0.15) is 0 Å². The molecule has 2 aromatic rings. The molecule has 0 radical (unpaired) electrons. The summed E-state index contributed by atoms with van der Waals surface area (Å²) in [6, 6.07) is 15.7. The lowest BCUT2D eigenvalue weighted by molar-refractivity contribution is -0.137. The molecule has 0 aromatic heterocycles. The SMILES string of the molecule is Cc1ccccc1Cc1cccc(C(N)CC(=O)O)c1. The van der Waals surface area contributed by atoms with Crippen molar-refractivity contribution in [2.24, 2.45) is 5.73 Å². The van der Waals surface area contributed by atoms with Gasteiger partial charge in [0.25, 0.3) is 0 Å². The van der Waals surface area contributed by atoms with Crippen LogP contribution in [0.2, 0.25) is 0 Å². The zero-order chi connectivity index (χ0) is 14.5. The fraction of sp³-hybridized carbons (Fsp3) is 0.235. The van der Waals surface area contributed by atoms with Crippen LogP contribution >= 0.6 is 0 Å². The van der Waals surface area contributed by atoms with E-state index in [1.807, 2.05) is 36.4 Å². The smallest absolute Gasteiger partial charge is 0.305 e. The lowest BCUT2D eigenvalue weighted by atomic mass is 9.97. The van der Waals surface area contributed by atoms with Crippen molar-refractivity contribution in [2.75, 3.05) is 0 Å². The van der Waals surface area contributed by atoms with Crippen LogP contribution in [0.3, 0.4) is 0 Å². The summed E-state index contributed by atoms with van der Waals surface area (Å²) in [5, 5.41) is 8.81. The van der Waals surface area contributed by atoms with E-state index in [0.29, 0.717) is 0 Å². The van der Waals surface area contributed by atoms with E-state index in [1.54, 1.807) is 0 Å². The molecule has 3 nitrogen and oxygen atoms in total. The Bertz CT molecular complexity index is 607. The monoisotopic (exact) mass is 269 g/mol. The number of carbonyl (C=O) groups is 1. The van der Waals surface area contributed by atoms with E-state index in [2.05, 4.69) is 19.1 Å². The summed E-state index contributed by atoms with van der Waals surface area (Å²) < 4.78 is 0. The molecule has 1 unspecified atom stereocenters. The third-order valence-electron chi connectivity index (χ3n) is 3.43. The van der Waals surface area contributed by atoms with E-state index in [0.717, 1.165) is 17.5 Å². The van der Waals surface area contributed by atoms with Crippen molar-refractivity contribution in [3.05, 3.63) is 70.8 Å². The van der Waals surface area contributed by atoms with Gasteiger partial charge in [-0.05, 0) is 35.6 Å². The number of rotatable bonds is 5. The molecule has 0 saturated heterocycles. The molecule has 0 heterocycles. The minimum absolute atomic E-state index is 0.0478. The van der Waals surface area contributed by atoms with Crippen LogP contribution in [0.5, 0.6) is 0 Å². The van der Waals surface area contributed by atoms with Gasteiger partial charge in [0, 0.05) is 6.04 Å². The topological polar surface area (TPSA) is 63.3 Å². The molecule has 3 N–H and O–H groups in total. The molecule has 0 spiro atoms. The molecule has 0 fully saturated rings. The Morgan fingerprint density at radius 3 is 2.65 bits per heavy atom. The first-order valence-electron chi connectivity index (χ1n) is 6.67. The van der Waals surface area contributed by atoms with Gasteiger partial charge in [-0.3, -0.25) is 4.79 Å². The zero-order valence-electron chi connectivity index (χ0n) is 11.5. The Kier molecular flexibility index (Phi) is 4.53. The average molecular weight is 269 g/mol. The maximum Gasteiger partial charge on any atom is 0.305 e. The van der Waals surface area contributed by atoms with E-state index in [9.17, 15) is 4.79 Å². The summed E-state index contributed by atoms with van der Waals surface area (Å²) >= 11 is 0. The fourth-order valence-corrected chi connectivity index (χ4v) is 2.27. The van der Waals surface area contributed by atoms with Crippen molar-refractivity contribution in [2.45, 2.75) is 25.8 Å². The standard InChI is InChI=1S/C17H19NO2/c1-12-5-2-3-7-14(12)9-13-6-4-8-15(10-13)16(18)11-17(19)20/h2-8,10,16H,9,11,18H2,1H3,(H,19,20). The maximum absolute atomic E-state index is 10.7. The molecule has 0 bridgehead atoms. The summed E-state index contributed by atoms with van der Waals surface area (Å²) in [6.07, 6.45) is 0.786.